The fourth-order valence-corrected chi connectivity index (χ4v) is 3.87. The molecule has 1 saturated heterocycles. The largest absolute Gasteiger partial charge is 0.357 e. The van der Waals surface area contributed by atoms with E-state index in [1.165, 1.54) is 22.6 Å². The van der Waals surface area contributed by atoms with Crippen LogP contribution in [0.4, 0.5) is 11.8 Å². The molecule has 0 unspecified atom stereocenters. The van der Waals surface area contributed by atoms with Gasteiger partial charge in [-0.2, -0.15) is 16.7 Å². The summed E-state index contributed by atoms with van der Waals surface area (Å²) in [7, 11) is 1.87. The Balaban J connectivity index is 2.04. The Kier molecular flexibility index (Phi) is 3.56. The van der Waals surface area contributed by atoms with Crippen LogP contribution < -0.4 is 10.2 Å². The van der Waals surface area contributed by atoms with Gasteiger partial charge in [-0.1, -0.05) is 0 Å². The number of hydrogen-bond acceptors (Lipinski definition) is 6. The van der Waals surface area contributed by atoms with E-state index in [1.54, 1.807) is 11.3 Å². The summed E-state index contributed by atoms with van der Waals surface area (Å²) in [6.07, 6.45) is 1.23. The Bertz CT molecular complexity index is 532. The first-order valence-corrected chi connectivity index (χ1v) is 8.17. The molecule has 1 aliphatic rings. The van der Waals surface area contributed by atoms with Crippen molar-refractivity contribution < 1.29 is 0 Å². The topological polar surface area (TPSA) is 41.1 Å². The van der Waals surface area contributed by atoms with Gasteiger partial charge in [-0.3, -0.25) is 0 Å². The molecule has 4 nitrogen and oxygen atoms in total. The number of nitrogens with zero attached hydrogens (tertiary/aromatic N) is 3. The molecule has 1 fully saturated rings. The first-order valence-electron chi connectivity index (χ1n) is 6.14. The minimum absolute atomic E-state index is 0.716. The van der Waals surface area contributed by atoms with Crippen molar-refractivity contribution in [1.82, 2.24) is 9.97 Å². The Labute approximate surface area is 115 Å². The number of rotatable bonds is 2. The number of anilines is 2. The molecule has 0 radical (unpaired) electrons. The van der Waals surface area contributed by atoms with Gasteiger partial charge in [0.2, 0.25) is 5.95 Å². The van der Waals surface area contributed by atoms with E-state index in [9.17, 15) is 0 Å². The monoisotopic (exact) mass is 280 g/mol. The highest BCUT2D eigenvalue weighted by Crippen LogP contribution is 2.31. The van der Waals surface area contributed by atoms with Crippen LogP contribution in [0.25, 0.3) is 10.2 Å². The molecule has 18 heavy (non-hydrogen) atoms. The molecule has 0 atom stereocenters. The van der Waals surface area contributed by atoms with Gasteiger partial charge >= 0.3 is 0 Å². The average Bonchev–Trinajstić information content (AvgIpc) is 2.70. The normalized spacial score (nSPS) is 16.8. The lowest BCUT2D eigenvalue weighted by molar-refractivity contribution is 0.805. The maximum atomic E-state index is 4.66. The van der Waals surface area contributed by atoms with E-state index in [-0.39, 0.29) is 0 Å². The summed E-state index contributed by atoms with van der Waals surface area (Å²) in [5.41, 5.74) is 1.05. The van der Waals surface area contributed by atoms with Crippen molar-refractivity contribution in [1.29, 1.82) is 0 Å². The van der Waals surface area contributed by atoms with Crippen LogP contribution >= 0.6 is 23.1 Å². The highest BCUT2D eigenvalue weighted by molar-refractivity contribution is 7.99. The molecule has 0 saturated carbocycles. The standard InChI is InChI=1S/C12H16N4S2/c1-13-12-14-9-3-7-18-10(9)11(15-12)16-4-2-6-17-8-5-16/h3,7H,2,4-6,8H2,1H3,(H,13,14,15). The molecule has 2 aromatic heterocycles. The van der Waals surface area contributed by atoms with Crippen molar-refractivity contribution in [2.24, 2.45) is 0 Å². The summed E-state index contributed by atoms with van der Waals surface area (Å²) >= 11 is 3.77. The van der Waals surface area contributed by atoms with Gasteiger partial charge in [0, 0.05) is 25.9 Å². The van der Waals surface area contributed by atoms with Crippen molar-refractivity contribution in [3.63, 3.8) is 0 Å². The molecule has 3 rings (SSSR count). The molecular formula is C12H16N4S2. The average molecular weight is 280 g/mol. The SMILES string of the molecule is CNc1nc(N2CCCSCC2)c2sccc2n1. The minimum atomic E-state index is 0.716. The number of fused-ring (bicyclic) bond motifs is 1. The molecule has 0 aromatic carbocycles. The van der Waals surface area contributed by atoms with E-state index < -0.39 is 0 Å². The second-order valence-corrected chi connectivity index (χ2v) is 6.35. The van der Waals surface area contributed by atoms with Gasteiger partial charge in [0.25, 0.3) is 0 Å². The van der Waals surface area contributed by atoms with Crippen molar-refractivity contribution in [2.75, 3.05) is 41.9 Å². The van der Waals surface area contributed by atoms with Crippen LogP contribution in [0.2, 0.25) is 0 Å². The third-order valence-electron chi connectivity index (χ3n) is 3.03. The van der Waals surface area contributed by atoms with E-state index in [4.69, 9.17) is 0 Å². The van der Waals surface area contributed by atoms with Gasteiger partial charge in [-0.15, -0.1) is 11.3 Å². The first-order chi connectivity index (χ1) is 8.88. The van der Waals surface area contributed by atoms with Crippen molar-refractivity contribution in [3.8, 4) is 0 Å². The van der Waals surface area contributed by atoms with Gasteiger partial charge in [-0.05, 0) is 23.6 Å². The number of aromatic nitrogens is 2. The summed E-state index contributed by atoms with van der Waals surface area (Å²) in [6, 6.07) is 2.07. The van der Waals surface area contributed by atoms with Gasteiger partial charge in [0.15, 0.2) is 5.82 Å². The van der Waals surface area contributed by atoms with Crippen molar-refractivity contribution in [2.45, 2.75) is 6.42 Å². The third-order valence-corrected chi connectivity index (χ3v) is 4.98. The van der Waals surface area contributed by atoms with E-state index in [0.29, 0.717) is 5.95 Å². The van der Waals surface area contributed by atoms with Crippen LogP contribution in [-0.4, -0.2) is 41.6 Å². The lowest BCUT2D eigenvalue weighted by atomic mass is 10.3. The predicted octanol–water partition coefficient (Wildman–Crippen LogP) is 2.68. The Morgan fingerprint density at radius 1 is 1.28 bits per heavy atom. The van der Waals surface area contributed by atoms with Gasteiger partial charge < -0.3 is 10.2 Å². The minimum Gasteiger partial charge on any atom is -0.357 e. The predicted molar refractivity (Wildman–Crippen MR) is 81.1 cm³/mol. The molecule has 6 heteroatoms. The van der Waals surface area contributed by atoms with E-state index in [0.717, 1.165) is 24.4 Å². The molecule has 0 aliphatic carbocycles. The van der Waals surface area contributed by atoms with E-state index >= 15 is 0 Å². The van der Waals surface area contributed by atoms with Gasteiger partial charge in [0.05, 0.1) is 10.2 Å². The van der Waals surface area contributed by atoms with E-state index in [2.05, 4.69) is 31.6 Å². The molecule has 0 amide bonds. The summed E-state index contributed by atoms with van der Waals surface area (Å²) in [5, 5.41) is 5.15. The summed E-state index contributed by atoms with van der Waals surface area (Å²) in [4.78, 5) is 11.6. The zero-order chi connectivity index (χ0) is 12.4. The first kappa shape index (κ1) is 12.0. The maximum Gasteiger partial charge on any atom is 0.225 e. The van der Waals surface area contributed by atoms with Crippen LogP contribution in [0.15, 0.2) is 11.4 Å². The van der Waals surface area contributed by atoms with Crippen molar-refractivity contribution >= 4 is 45.1 Å². The molecule has 96 valence electrons. The summed E-state index contributed by atoms with van der Waals surface area (Å²) in [5.74, 6) is 4.26. The quantitative estimate of drug-likeness (QED) is 0.916. The fraction of sp³-hybridized carbons (Fsp3) is 0.500. The van der Waals surface area contributed by atoms with Gasteiger partial charge in [-0.25, -0.2) is 4.98 Å². The maximum absolute atomic E-state index is 4.66. The highest BCUT2D eigenvalue weighted by Gasteiger charge is 2.16. The summed E-state index contributed by atoms with van der Waals surface area (Å²) in [6.45, 7) is 2.18. The Hall–Kier alpha value is -1.01. The third kappa shape index (κ3) is 2.27. The van der Waals surface area contributed by atoms with Crippen molar-refractivity contribution in [3.05, 3.63) is 11.4 Å². The number of nitrogens with one attached hydrogen (secondary N) is 1. The van der Waals surface area contributed by atoms with Crippen LogP contribution in [0, 0.1) is 0 Å². The second-order valence-electron chi connectivity index (χ2n) is 4.21. The van der Waals surface area contributed by atoms with Crippen LogP contribution in [0.5, 0.6) is 0 Å². The van der Waals surface area contributed by atoms with Gasteiger partial charge in [0.1, 0.15) is 0 Å². The summed E-state index contributed by atoms with van der Waals surface area (Å²) < 4.78 is 1.21. The Morgan fingerprint density at radius 2 is 2.22 bits per heavy atom. The molecule has 0 spiro atoms. The smallest absolute Gasteiger partial charge is 0.225 e. The van der Waals surface area contributed by atoms with Crippen LogP contribution in [0.1, 0.15) is 6.42 Å². The second kappa shape index (κ2) is 5.32. The Morgan fingerprint density at radius 3 is 3.11 bits per heavy atom. The fourth-order valence-electron chi connectivity index (χ4n) is 2.13. The molecular weight excluding hydrogens is 264 g/mol. The number of thiophene rings is 1. The van der Waals surface area contributed by atoms with Crippen LogP contribution in [-0.2, 0) is 0 Å². The molecule has 1 N–H and O–H groups in total. The number of thioether (sulfide) groups is 1. The lowest BCUT2D eigenvalue weighted by Crippen LogP contribution is -2.26. The zero-order valence-corrected chi connectivity index (χ0v) is 12.0. The van der Waals surface area contributed by atoms with Crippen LogP contribution in [0.3, 0.4) is 0 Å². The zero-order valence-electron chi connectivity index (χ0n) is 10.3. The molecule has 3 heterocycles. The lowest BCUT2D eigenvalue weighted by Gasteiger charge is -2.22. The molecule has 0 bridgehead atoms. The molecule has 1 aliphatic heterocycles. The van der Waals surface area contributed by atoms with E-state index in [1.807, 2.05) is 18.8 Å². The highest BCUT2D eigenvalue weighted by atomic mass is 32.2. The number of hydrogen-bond donors (Lipinski definition) is 1. The molecule has 2 aromatic rings.